The van der Waals surface area contributed by atoms with E-state index in [1.807, 2.05) is 16.8 Å². The number of thiophene rings is 1. The van der Waals surface area contributed by atoms with Crippen molar-refractivity contribution in [1.29, 1.82) is 0 Å². The molecule has 0 aromatic carbocycles. The van der Waals surface area contributed by atoms with Crippen LogP contribution >= 0.6 is 11.3 Å². The maximum absolute atomic E-state index is 12.0. The lowest BCUT2D eigenvalue weighted by Crippen LogP contribution is -2.18. The summed E-state index contributed by atoms with van der Waals surface area (Å²) in [5, 5.41) is 4.02. The summed E-state index contributed by atoms with van der Waals surface area (Å²) in [6.07, 6.45) is 2.41. The van der Waals surface area contributed by atoms with Gasteiger partial charge in [-0.2, -0.15) is 11.3 Å². The van der Waals surface area contributed by atoms with Gasteiger partial charge in [-0.1, -0.05) is 0 Å². The van der Waals surface area contributed by atoms with Gasteiger partial charge in [0, 0.05) is 22.3 Å². The normalized spacial score (nSPS) is 18.6. The molecular weight excluding hydrogens is 256 g/mol. The Balaban J connectivity index is 1.84. The summed E-state index contributed by atoms with van der Waals surface area (Å²) in [5.74, 6) is 1.04. The molecule has 0 radical (unpaired) electrons. The largest absolute Gasteiger partial charge is 0.469 e. The molecule has 1 aliphatic carbocycles. The zero-order valence-electron chi connectivity index (χ0n) is 9.81. The summed E-state index contributed by atoms with van der Waals surface area (Å²) in [7, 11) is 0.528. The van der Waals surface area contributed by atoms with Crippen molar-refractivity contribution < 1.29 is 13.7 Å². The van der Waals surface area contributed by atoms with E-state index in [4.69, 9.17) is 0 Å². The molecule has 1 saturated carbocycles. The lowest BCUT2D eigenvalue weighted by molar-refractivity contribution is -0.141. The van der Waals surface area contributed by atoms with E-state index in [-0.39, 0.29) is 11.4 Å². The van der Waals surface area contributed by atoms with Gasteiger partial charge in [0.25, 0.3) is 0 Å². The molecule has 1 aliphatic rings. The van der Waals surface area contributed by atoms with Crippen molar-refractivity contribution in [2.24, 2.45) is 5.41 Å². The second-order valence-corrected chi connectivity index (χ2v) is 6.85. The minimum Gasteiger partial charge on any atom is -0.469 e. The van der Waals surface area contributed by atoms with E-state index in [9.17, 15) is 9.00 Å². The number of carbonyl (C=O) groups excluding carboxylic acids is 1. The topological polar surface area (TPSA) is 43.4 Å². The van der Waals surface area contributed by atoms with Crippen LogP contribution in [0.4, 0.5) is 0 Å². The second kappa shape index (κ2) is 5.31. The van der Waals surface area contributed by atoms with Crippen LogP contribution in [0.15, 0.2) is 16.8 Å². The Kier molecular flexibility index (Phi) is 3.99. The molecule has 1 heterocycles. The van der Waals surface area contributed by atoms with Crippen LogP contribution in [0.2, 0.25) is 0 Å². The molecule has 0 bridgehead atoms. The summed E-state index contributed by atoms with van der Waals surface area (Å²) in [6.45, 7) is 0. The van der Waals surface area contributed by atoms with Gasteiger partial charge in [0.2, 0.25) is 0 Å². The Morgan fingerprint density at radius 3 is 2.88 bits per heavy atom. The third-order valence-electron chi connectivity index (χ3n) is 3.08. The Morgan fingerprint density at radius 1 is 1.59 bits per heavy atom. The molecule has 17 heavy (non-hydrogen) atoms. The number of carbonyl (C=O) groups is 1. The highest BCUT2D eigenvalue weighted by Crippen LogP contribution is 2.49. The molecule has 3 nitrogen and oxygen atoms in total. The van der Waals surface area contributed by atoms with E-state index in [1.165, 1.54) is 7.11 Å². The molecule has 0 aliphatic heterocycles. The average Bonchev–Trinajstić information content (AvgIpc) is 2.83. The molecule has 0 saturated heterocycles. The molecule has 2 rings (SSSR count). The zero-order chi connectivity index (χ0) is 12.3. The van der Waals surface area contributed by atoms with Crippen LogP contribution in [-0.4, -0.2) is 23.0 Å². The lowest BCUT2D eigenvalue weighted by Gasteiger charge is -2.12. The van der Waals surface area contributed by atoms with Crippen molar-refractivity contribution in [1.82, 2.24) is 0 Å². The van der Waals surface area contributed by atoms with Crippen LogP contribution in [0.3, 0.4) is 0 Å². The lowest BCUT2D eigenvalue weighted by atomic mass is 10.1. The van der Waals surface area contributed by atoms with Crippen molar-refractivity contribution in [3.8, 4) is 0 Å². The van der Waals surface area contributed by atoms with Crippen molar-refractivity contribution in [3.05, 3.63) is 22.4 Å². The third-order valence-corrected chi connectivity index (χ3v) is 5.40. The van der Waals surface area contributed by atoms with Gasteiger partial charge in [0.05, 0.1) is 13.5 Å². The van der Waals surface area contributed by atoms with Crippen LogP contribution < -0.4 is 0 Å². The summed E-state index contributed by atoms with van der Waals surface area (Å²) in [6, 6.07) is 2.00. The highest BCUT2D eigenvalue weighted by Gasteiger charge is 2.45. The molecule has 1 atom stereocenters. The van der Waals surface area contributed by atoms with Gasteiger partial charge in [-0.05, 0) is 40.6 Å². The summed E-state index contributed by atoms with van der Waals surface area (Å²) >= 11 is 1.62. The van der Waals surface area contributed by atoms with Crippen LogP contribution in [-0.2, 0) is 26.1 Å². The SMILES string of the molecule is COC(=O)CC1(CS(=O)Cc2ccsc2)CC1. The smallest absolute Gasteiger partial charge is 0.306 e. The fraction of sp³-hybridized carbons (Fsp3) is 0.583. The molecule has 1 aromatic heterocycles. The zero-order valence-corrected chi connectivity index (χ0v) is 11.4. The summed E-state index contributed by atoms with van der Waals surface area (Å²) in [5.41, 5.74) is 1.09. The fourth-order valence-electron chi connectivity index (χ4n) is 1.88. The van der Waals surface area contributed by atoms with Gasteiger partial charge < -0.3 is 4.74 Å². The summed E-state index contributed by atoms with van der Waals surface area (Å²) in [4.78, 5) is 11.2. The molecule has 0 amide bonds. The number of rotatable bonds is 6. The van der Waals surface area contributed by atoms with Gasteiger partial charge in [0.15, 0.2) is 0 Å². The van der Waals surface area contributed by atoms with E-state index in [0.29, 0.717) is 17.9 Å². The van der Waals surface area contributed by atoms with E-state index in [1.54, 1.807) is 11.3 Å². The van der Waals surface area contributed by atoms with Crippen LogP contribution in [0, 0.1) is 5.41 Å². The predicted molar refractivity (Wildman–Crippen MR) is 69.3 cm³/mol. The van der Waals surface area contributed by atoms with Crippen LogP contribution in [0.5, 0.6) is 0 Å². The van der Waals surface area contributed by atoms with E-state index < -0.39 is 10.8 Å². The first kappa shape index (κ1) is 12.8. The Morgan fingerprint density at radius 2 is 2.35 bits per heavy atom. The third kappa shape index (κ3) is 3.64. The number of methoxy groups -OCH3 is 1. The fourth-order valence-corrected chi connectivity index (χ4v) is 4.38. The van der Waals surface area contributed by atoms with Gasteiger partial charge >= 0.3 is 5.97 Å². The highest BCUT2D eigenvalue weighted by atomic mass is 32.2. The van der Waals surface area contributed by atoms with Crippen molar-refractivity contribution in [3.63, 3.8) is 0 Å². The minimum atomic E-state index is -0.876. The molecule has 0 spiro atoms. The number of hydrogen-bond acceptors (Lipinski definition) is 4. The quantitative estimate of drug-likeness (QED) is 0.747. The molecule has 5 heteroatoms. The van der Waals surface area contributed by atoms with Crippen molar-refractivity contribution in [2.45, 2.75) is 25.0 Å². The Bertz CT molecular complexity index is 407. The van der Waals surface area contributed by atoms with E-state index in [0.717, 1.165) is 18.4 Å². The maximum atomic E-state index is 12.0. The second-order valence-electron chi connectivity index (χ2n) is 4.61. The minimum absolute atomic E-state index is 0.0338. The molecule has 0 N–H and O–H groups in total. The highest BCUT2D eigenvalue weighted by molar-refractivity contribution is 7.84. The summed E-state index contributed by atoms with van der Waals surface area (Å²) < 4.78 is 16.7. The monoisotopic (exact) mass is 272 g/mol. The van der Waals surface area contributed by atoms with Gasteiger partial charge in [-0.15, -0.1) is 0 Å². The van der Waals surface area contributed by atoms with Gasteiger partial charge in [-0.25, -0.2) is 0 Å². The maximum Gasteiger partial charge on any atom is 0.306 e. The molecule has 94 valence electrons. The standard InChI is InChI=1S/C12H16O3S2/c1-15-11(13)6-12(3-4-12)9-17(14)8-10-2-5-16-7-10/h2,5,7H,3-4,6,8-9H2,1H3. The van der Waals surface area contributed by atoms with E-state index in [2.05, 4.69) is 4.74 Å². The number of ether oxygens (including phenoxy) is 1. The first-order valence-corrected chi connectivity index (χ1v) is 7.99. The molecular formula is C12H16O3S2. The number of esters is 1. The molecule has 1 aromatic rings. The van der Waals surface area contributed by atoms with Gasteiger partial charge in [0.1, 0.15) is 0 Å². The first-order valence-electron chi connectivity index (χ1n) is 5.56. The predicted octanol–water partition coefficient (Wildman–Crippen LogP) is 2.34. The molecule has 1 fully saturated rings. The van der Waals surface area contributed by atoms with Crippen molar-refractivity contribution >= 4 is 28.1 Å². The first-order chi connectivity index (χ1) is 8.13. The molecule has 1 unspecified atom stereocenters. The Labute approximate surface area is 108 Å². The van der Waals surface area contributed by atoms with Gasteiger partial charge in [-0.3, -0.25) is 9.00 Å². The Hall–Kier alpha value is -0.680. The average molecular weight is 272 g/mol. The van der Waals surface area contributed by atoms with Crippen LogP contribution in [0.1, 0.15) is 24.8 Å². The van der Waals surface area contributed by atoms with E-state index >= 15 is 0 Å². The van der Waals surface area contributed by atoms with Crippen LogP contribution in [0.25, 0.3) is 0 Å². The van der Waals surface area contributed by atoms with Crippen molar-refractivity contribution in [2.75, 3.05) is 12.9 Å². The number of hydrogen-bond donors (Lipinski definition) is 0.